The molecule has 1 aromatic rings. The Balaban J connectivity index is 3.34. The topological polar surface area (TPSA) is 81.8 Å². The first-order valence-electron chi connectivity index (χ1n) is 4.68. The van der Waals surface area contributed by atoms with Gasteiger partial charge in [-0.05, 0) is 25.1 Å². The Morgan fingerprint density at radius 3 is 2.44 bits per heavy atom. The van der Waals surface area contributed by atoms with E-state index in [0.717, 1.165) is 0 Å². The number of hydrogen-bond acceptors (Lipinski definition) is 4. The van der Waals surface area contributed by atoms with Gasteiger partial charge in [0.15, 0.2) is 5.60 Å². The third kappa shape index (κ3) is 2.09. The van der Waals surface area contributed by atoms with E-state index in [0.29, 0.717) is 11.5 Å². The second-order valence-electron chi connectivity index (χ2n) is 3.50. The van der Waals surface area contributed by atoms with Gasteiger partial charge in [-0.1, -0.05) is 0 Å². The maximum absolute atomic E-state index is 11.2. The van der Waals surface area contributed by atoms with Gasteiger partial charge in [0.25, 0.3) is 5.91 Å². The van der Waals surface area contributed by atoms with Gasteiger partial charge in [0.1, 0.15) is 11.5 Å². The molecule has 16 heavy (non-hydrogen) atoms. The summed E-state index contributed by atoms with van der Waals surface area (Å²) in [4.78, 5) is 11.2. The van der Waals surface area contributed by atoms with Crippen molar-refractivity contribution in [2.75, 3.05) is 14.2 Å². The Hall–Kier alpha value is -1.75. The van der Waals surface area contributed by atoms with Gasteiger partial charge in [0, 0.05) is 5.56 Å². The van der Waals surface area contributed by atoms with E-state index >= 15 is 0 Å². The summed E-state index contributed by atoms with van der Waals surface area (Å²) in [5.41, 5.74) is 3.62. The van der Waals surface area contributed by atoms with Crippen LogP contribution in [0.15, 0.2) is 18.2 Å². The number of benzene rings is 1. The molecule has 88 valence electrons. The highest BCUT2D eigenvalue weighted by Gasteiger charge is 2.33. The highest BCUT2D eigenvalue weighted by molar-refractivity contribution is 5.85. The normalized spacial score (nSPS) is 14.0. The van der Waals surface area contributed by atoms with Gasteiger partial charge < -0.3 is 20.3 Å². The fourth-order valence-electron chi connectivity index (χ4n) is 1.33. The maximum atomic E-state index is 11.2. The third-order valence-electron chi connectivity index (χ3n) is 2.41. The predicted molar refractivity (Wildman–Crippen MR) is 58.3 cm³/mol. The van der Waals surface area contributed by atoms with E-state index in [1.54, 1.807) is 12.1 Å². The highest BCUT2D eigenvalue weighted by atomic mass is 16.5. The van der Waals surface area contributed by atoms with E-state index < -0.39 is 11.5 Å². The lowest BCUT2D eigenvalue weighted by Crippen LogP contribution is -2.38. The second kappa shape index (κ2) is 4.40. The van der Waals surface area contributed by atoms with Gasteiger partial charge in [-0.15, -0.1) is 0 Å². The summed E-state index contributed by atoms with van der Waals surface area (Å²) >= 11 is 0. The molecule has 1 atom stereocenters. The number of carbonyl (C=O) groups excluding carboxylic acids is 1. The first kappa shape index (κ1) is 12.3. The lowest BCUT2D eigenvalue weighted by molar-refractivity contribution is -0.135. The van der Waals surface area contributed by atoms with Crippen LogP contribution in [0.25, 0.3) is 0 Å². The average molecular weight is 225 g/mol. The molecule has 1 rings (SSSR count). The van der Waals surface area contributed by atoms with Crippen molar-refractivity contribution in [3.05, 3.63) is 23.8 Å². The lowest BCUT2D eigenvalue weighted by Gasteiger charge is -2.22. The molecule has 0 aliphatic carbocycles. The quantitative estimate of drug-likeness (QED) is 0.777. The van der Waals surface area contributed by atoms with Crippen LogP contribution in [-0.2, 0) is 10.4 Å². The summed E-state index contributed by atoms with van der Waals surface area (Å²) in [5, 5.41) is 9.98. The number of methoxy groups -OCH3 is 2. The molecule has 1 aromatic carbocycles. The van der Waals surface area contributed by atoms with E-state index in [1.807, 2.05) is 0 Å². The molecule has 0 fully saturated rings. The van der Waals surface area contributed by atoms with Crippen molar-refractivity contribution in [3.8, 4) is 11.5 Å². The maximum Gasteiger partial charge on any atom is 0.253 e. The van der Waals surface area contributed by atoms with Crippen molar-refractivity contribution in [1.29, 1.82) is 0 Å². The minimum Gasteiger partial charge on any atom is -0.497 e. The predicted octanol–water partition coefficient (Wildman–Crippen LogP) is 0.397. The number of amides is 1. The van der Waals surface area contributed by atoms with Gasteiger partial charge >= 0.3 is 0 Å². The molecule has 3 N–H and O–H groups in total. The highest BCUT2D eigenvalue weighted by Crippen LogP contribution is 2.32. The summed E-state index contributed by atoms with van der Waals surface area (Å²) < 4.78 is 10.1. The molecule has 1 amide bonds. The lowest BCUT2D eigenvalue weighted by atomic mass is 9.94. The molecule has 1 unspecified atom stereocenters. The van der Waals surface area contributed by atoms with E-state index in [1.165, 1.54) is 27.2 Å². The van der Waals surface area contributed by atoms with Crippen molar-refractivity contribution in [2.45, 2.75) is 12.5 Å². The van der Waals surface area contributed by atoms with Crippen LogP contribution in [0, 0.1) is 0 Å². The molecule has 0 saturated heterocycles. The fraction of sp³-hybridized carbons (Fsp3) is 0.364. The Kier molecular flexibility index (Phi) is 3.39. The monoisotopic (exact) mass is 225 g/mol. The molecule has 0 radical (unpaired) electrons. The largest absolute Gasteiger partial charge is 0.497 e. The van der Waals surface area contributed by atoms with Crippen molar-refractivity contribution >= 4 is 5.91 Å². The third-order valence-corrected chi connectivity index (χ3v) is 2.41. The van der Waals surface area contributed by atoms with Crippen LogP contribution in [0.4, 0.5) is 0 Å². The number of aliphatic hydroxyl groups is 1. The number of primary amides is 1. The van der Waals surface area contributed by atoms with Crippen molar-refractivity contribution in [2.24, 2.45) is 5.73 Å². The molecule has 5 nitrogen and oxygen atoms in total. The van der Waals surface area contributed by atoms with Crippen LogP contribution in [0.2, 0.25) is 0 Å². The Bertz CT molecular complexity index is 401. The van der Waals surface area contributed by atoms with Gasteiger partial charge in [-0.25, -0.2) is 0 Å². The zero-order valence-electron chi connectivity index (χ0n) is 9.48. The van der Waals surface area contributed by atoms with Gasteiger partial charge in [-0.2, -0.15) is 0 Å². The van der Waals surface area contributed by atoms with Crippen molar-refractivity contribution < 1.29 is 19.4 Å². The molecule has 5 heteroatoms. The summed E-state index contributed by atoms with van der Waals surface area (Å²) in [5.74, 6) is 0.0426. The zero-order chi connectivity index (χ0) is 12.3. The average Bonchev–Trinajstić information content (AvgIpc) is 2.27. The first-order valence-corrected chi connectivity index (χ1v) is 4.68. The molecule has 0 bridgehead atoms. The Morgan fingerprint density at radius 2 is 2.00 bits per heavy atom. The van der Waals surface area contributed by atoms with E-state index in [4.69, 9.17) is 15.2 Å². The van der Waals surface area contributed by atoms with Gasteiger partial charge in [-0.3, -0.25) is 4.79 Å². The molecule has 0 aromatic heterocycles. The summed E-state index contributed by atoms with van der Waals surface area (Å²) in [6, 6.07) is 4.79. The minimum atomic E-state index is -1.79. The molecule has 0 spiro atoms. The number of nitrogens with two attached hydrogens (primary N) is 1. The SMILES string of the molecule is COc1ccc(OC)c(C(C)(O)C(N)=O)c1. The van der Waals surface area contributed by atoms with Gasteiger partial charge in [0.05, 0.1) is 14.2 Å². The summed E-state index contributed by atoms with van der Waals surface area (Å²) in [6.07, 6.45) is 0. The van der Waals surface area contributed by atoms with Crippen LogP contribution in [0.5, 0.6) is 11.5 Å². The number of ether oxygens (including phenoxy) is 2. The summed E-state index contributed by atoms with van der Waals surface area (Å²) in [6.45, 7) is 1.31. The van der Waals surface area contributed by atoms with E-state index in [-0.39, 0.29) is 5.56 Å². The van der Waals surface area contributed by atoms with Crippen LogP contribution in [0.3, 0.4) is 0 Å². The van der Waals surface area contributed by atoms with E-state index in [9.17, 15) is 9.90 Å². The van der Waals surface area contributed by atoms with Crippen molar-refractivity contribution in [3.63, 3.8) is 0 Å². The van der Waals surface area contributed by atoms with Gasteiger partial charge in [0.2, 0.25) is 0 Å². The fourth-order valence-corrected chi connectivity index (χ4v) is 1.33. The molecule has 0 heterocycles. The van der Waals surface area contributed by atoms with Crippen LogP contribution in [-0.4, -0.2) is 25.2 Å². The van der Waals surface area contributed by atoms with Crippen molar-refractivity contribution in [1.82, 2.24) is 0 Å². The Morgan fingerprint density at radius 1 is 1.38 bits per heavy atom. The minimum absolute atomic E-state index is 0.279. The smallest absolute Gasteiger partial charge is 0.253 e. The number of hydrogen-bond donors (Lipinski definition) is 2. The molecule has 0 aliphatic rings. The molecule has 0 aliphatic heterocycles. The second-order valence-corrected chi connectivity index (χ2v) is 3.50. The standard InChI is InChI=1S/C11H15NO4/c1-11(14,10(12)13)8-6-7(15-2)4-5-9(8)16-3/h4-6,14H,1-3H3,(H2,12,13). The molecular weight excluding hydrogens is 210 g/mol. The first-order chi connectivity index (χ1) is 7.43. The molecule has 0 saturated carbocycles. The molecular formula is C11H15NO4. The Labute approximate surface area is 93.8 Å². The summed E-state index contributed by atoms with van der Waals surface area (Å²) in [7, 11) is 2.94. The number of carbonyl (C=O) groups is 1. The van der Waals surface area contributed by atoms with Crippen LogP contribution < -0.4 is 15.2 Å². The zero-order valence-corrected chi connectivity index (χ0v) is 9.48. The van der Waals surface area contributed by atoms with E-state index in [2.05, 4.69) is 0 Å². The van der Waals surface area contributed by atoms with Crippen LogP contribution in [0.1, 0.15) is 12.5 Å². The number of rotatable bonds is 4. The van der Waals surface area contributed by atoms with Crippen LogP contribution >= 0.6 is 0 Å².